The number of carboxylic acid groups (broad SMARTS) is 1. The van der Waals surface area contributed by atoms with Crippen LogP contribution >= 0.6 is 27.3 Å². The van der Waals surface area contributed by atoms with Crippen molar-refractivity contribution in [3.8, 4) is 0 Å². The maximum Gasteiger partial charge on any atom is 0.308 e. The van der Waals surface area contributed by atoms with Gasteiger partial charge in [0, 0.05) is 17.6 Å². The predicted octanol–water partition coefficient (Wildman–Crippen LogP) is 2.37. The Morgan fingerprint density at radius 1 is 1.59 bits per heavy atom. The molecule has 0 spiro atoms. The Morgan fingerprint density at radius 2 is 2.29 bits per heavy atom. The number of thiophene rings is 1. The highest BCUT2D eigenvalue weighted by Gasteiger charge is 2.32. The SMILES string of the molecule is Cc1csc(C(=O)N2CCC(C(=O)O)C2)c1Br. The molecule has 1 aliphatic rings. The number of hydrogen-bond donors (Lipinski definition) is 1. The standard InChI is InChI=1S/C11H12BrNO3S/c1-6-5-17-9(8(6)12)10(14)13-3-2-7(4-13)11(15)16/h5,7H,2-4H2,1H3,(H,15,16). The fraction of sp³-hybridized carbons (Fsp3) is 0.455. The molecule has 1 aromatic rings. The van der Waals surface area contributed by atoms with Gasteiger partial charge in [0.25, 0.3) is 5.91 Å². The molecule has 1 atom stereocenters. The van der Waals surface area contributed by atoms with Gasteiger partial charge in [0.2, 0.25) is 0 Å². The van der Waals surface area contributed by atoms with E-state index in [4.69, 9.17) is 5.11 Å². The number of aliphatic carboxylic acids is 1. The van der Waals surface area contributed by atoms with Gasteiger partial charge in [-0.3, -0.25) is 9.59 Å². The van der Waals surface area contributed by atoms with Gasteiger partial charge in [0.1, 0.15) is 4.88 Å². The van der Waals surface area contributed by atoms with Crippen LogP contribution < -0.4 is 0 Å². The molecule has 6 heteroatoms. The number of carbonyl (C=O) groups excluding carboxylic acids is 1. The minimum Gasteiger partial charge on any atom is -0.481 e. The molecule has 4 nitrogen and oxygen atoms in total. The minimum absolute atomic E-state index is 0.0706. The van der Waals surface area contributed by atoms with Gasteiger partial charge in [-0.2, -0.15) is 0 Å². The van der Waals surface area contributed by atoms with Crippen LogP contribution in [0.1, 0.15) is 21.7 Å². The molecule has 1 amide bonds. The van der Waals surface area contributed by atoms with E-state index in [1.165, 1.54) is 11.3 Å². The monoisotopic (exact) mass is 317 g/mol. The van der Waals surface area contributed by atoms with Crippen molar-refractivity contribution < 1.29 is 14.7 Å². The number of likely N-dealkylation sites (tertiary alicyclic amines) is 1. The summed E-state index contributed by atoms with van der Waals surface area (Å²) < 4.78 is 0.825. The molecule has 17 heavy (non-hydrogen) atoms. The van der Waals surface area contributed by atoms with E-state index >= 15 is 0 Å². The molecule has 1 aliphatic heterocycles. The molecular formula is C11H12BrNO3S. The van der Waals surface area contributed by atoms with Gasteiger partial charge in [-0.1, -0.05) is 0 Å². The van der Waals surface area contributed by atoms with Crippen LogP contribution in [0.4, 0.5) is 0 Å². The lowest BCUT2D eigenvalue weighted by Crippen LogP contribution is -2.29. The molecule has 2 rings (SSSR count). The number of aryl methyl sites for hydroxylation is 1. The Morgan fingerprint density at radius 3 is 2.76 bits per heavy atom. The molecule has 1 saturated heterocycles. The van der Waals surface area contributed by atoms with Crippen molar-refractivity contribution in [3.05, 3.63) is 20.3 Å². The maximum atomic E-state index is 12.2. The summed E-state index contributed by atoms with van der Waals surface area (Å²) >= 11 is 4.78. The van der Waals surface area contributed by atoms with Gasteiger partial charge in [-0.05, 0) is 40.2 Å². The van der Waals surface area contributed by atoms with Crippen molar-refractivity contribution in [2.75, 3.05) is 13.1 Å². The predicted molar refractivity (Wildman–Crippen MR) is 68.4 cm³/mol. The van der Waals surface area contributed by atoms with Crippen LogP contribution in [0.2, 0.25) is 0 Å². The molecule has 92 valence electrons. The van der Waals surface area contributed by atoms with Crippen molar-refractivity contribution in [3.63, 3.8) is 0 Å². The van der Waals surface area contributed by atoms with E-state index in [2.05, 4.69) is 15.9 Å². The second kappa shape index (κ2) is 4.78. The van der Waals surface area contributed by atoms with E-state index in [1.807, 2.05) is 12.3 Å². The van der Waals surface area contributed by atoms with Crippen molar-refractivity contribution in [2.24, 2.45) is 5.92 Å². The number of nitrogens with zero attached hydrogens (tertiary/aromatic N) is 1. The number of rotatable bonds is 2. The highest BCUT2D eigenvalue weighted by molar-refractivity contribution is 9.10. The molecule has 0 aliphatic carbocycles. The highest BCUT2D eigenvalue weighted by Crippen LogP contribution is 2.30. The summed E-state index contributed by atoms with van der Waals surface area (Å²) in [7, 11) is 0. The highest BCUT2D eigenvalue weighted by atomic mass is 79.9. The zero-order valence-corrected chi connectivity index (χ0v) is 11.7. The summed E-state index contributed by atoms with van der Waals surface area (Å²) in [4.78, 5) is 25.3. The molecule has 0 bridgehead atoms. The zero-order valence-electron chi connectivity index (χ0n) is 9.27. The first-order chi connectivity index (χ1) is 8.00. The number of carbonyl (C=O) groups is 2. The lowest BCUT2D eigenvalue weighted by atomic mass is 10.1. The molecule has 1 aromatic heterocycles. The normalized spacial score (nSPS) is 19.6. The Kier molecular flexibility index (Phi) is 3.53. The first kappa shape index (κ1) is 12.6. The lowest BCUT2D eigenvalue weighted by Gasteiger charge is -2.14. The van der Waals surface area contributed by atoms with Gasteiger partial charge in [0.15, 0.2) is 0 Å². The molecule has 0 aromatic carbocycles. The van der Waals surface area contributed by atoms with Crippen LogP contribution in [0.5, 0.6) is 0 Å². The fourth-order valence-corrected chi connectivity index (χ4v) is 3.49. The molecule has 1 unspecified atom stereocenters. The average molecular weight is 318 g/mol. The van der Waals surface area contributed by atoms with Crippen LogP contribution in [-0.2, 0) is 4.79 Å². The average Bonchev–Trinajstić information content (AvgIpc) is 2.87. The van der Waals surface area contributed by atoms with Crippen molar-refractivity contribution >= 4 is 39.1 Å². The Hall–Kier alpha value is -0.880. The summed E-state index contributed by atoms with van der Waals surface area (Å²) in [6.45, 7) is 2.78. The topological polar surface area (TPSA) is 57.6 Å². The lowest BCUT2D eigenvalue weighted by molar-refractivity contribution is -0.141. The fourth-order valence-electron chi connectivity index (χ4n) is 1.86. The summed E-state index contributed by atoms with van der Waals surface area (Å²) in [6.07, 6.45) is 0.545. The van der Waals surface area contributed by atoms with Gasteiger partial charge in [0.05, 0.1) is 5.92 Å². The van der Waals surface area contributed by atoms with Crippen LogP contribution in [0.15, 0.2) is 9.85 Å². The third-order valence-corrected chi connectivity index (χ3v) is 5.29. The summed E-state index contributed by atoms with van der Waals surface area (Å²) in [5, 5.41) is 10.8. The third-order valence-electron chi connectivity index (χ3n) is 2.92. The first-order valence-electron chi connectivity index (χ1n) is 5.26. The summed E-state index contributed by atoms with van der Waals surface area (Å²) in [6, 6.07) is 0. The number of carboxylic acids is 1. The second-order valence-corrected chi connectivity index (χ2v) is 5.81. The molecule has 1 N–H and O–H groups in total. The molecule has 0 radical (unpaired) electrons. The van der Waals surface area contributed by atoms with Crippen molar-refractivity contribution in [1.82, 2.24) is 4.90 Å². The first-order valence-corrected chi connectivity index (χ1v) is 6.93. The van der Waals surface area contributed by atoms with Gasteiger partial charge in [-0.15, -0.1) is 11.3 Å². The van der Waals surface area contributed by atoms with Crippen LogP contribution in [0.3, 0.4) is 0 Å². The van der Waals surface area contributed by atoms with Crippen molar-refractivity contribution in [1.29, 1.82) is 0 Å². The van der Waals surface area contributed by atoms with Gasteiger partial charge in [-0.25, -0.2) is 0 Å². The van der Waals surface area contributed by atoms with E-state index in [-0.39, 0.29) is 5.91 Å². The molecule has 2 heterocycles. The van der Waals surface area contributed by atoms with Crippen LogP contribution in [-0.4, -0.2) is 35.0 Å². The smallest absolute Gasteiger partial charge is 0.308 e. The van der Waals surface area contributed by atoms with Gasteiger partial charge >= 0.3 is 5.97 Å². The number of halogens is 1. The summed E-state index contributed by atoms with van der Waals surface area (Å²) in [5.41, 5.74) is 1.03. The second-order valence-electron chi connectivity index (χ2n) is 4.14. The Bertz CT molecular complexity index is 471. The van der Waals surface area contributed by atoms with Crippen LogP contribution in [0.25, 0.3) is 0 Å². The quantitative estimate of drug-likeness (QED) is 0.911. The minimum atomic E-state index is -0.818. The van der Waals surface area contributed by atoms with Crippen molar-refractivity contribution in [2.45, 2.75) is 13.3 Å². The van der Waals surface area contributed by atoms with E-state index in [9.17, 15) is 9.59 Å². The van der Waals surface area contributed by atoms with Crippen LogP contribution in [0, 0.1) is 12.8 Å². The number of amides is 1. The van der Waals surface area contributed by atoms with E-state index < -0.39 is 11.9 Å². The third kappa shape index (κ3) is 2.37. The van der Waals surface area contributed by atoms with E-state index in [0.717, 1.165) is 10.0 Å². The maximum absolute atomic E-state index is 12.2. The Labute approximate surface area is 111 Å². The Balaban J connectivity index is 2.12. The summed E-state index contributed by atoms with van der Waals surface area (Å²) in [5.74, 6) is -1.31. The molecule has 1 fully saturated rings. The van der Waals surface area contributed by atoms with E-state index in [0.29, 0.717) is 24.4 Å². The largest absolute Gasteiger partial charge is 0.481 e. The van der Waals surface area contributed by atoms with E-state index in [1.54, 1.807) is 4.90 Å². The number of hydrogen-bond acceptors (Lipinski definition) is 3. The van der Waals surface area contributed by atoms with Gasteiger partial charge < -0.3 is 10.0 Å². The molecule has 0 saturated carbocycles. The molecular weight excluding hydrogens is 306 g/mol. The zero-order chi connectivity index (χ0) is 12.6.